The van der Waals surface area contributed by atoms with Crippen LogP contribution in [0.4, 0.5) is 0 Å². The molecule has 3 nitrogen and oxygen atoms in total. The average molecular weight is 274 g/mol. The second-order valence-corrected chi connectivity index (χ2v) is 6.22. The van der Waals surface area contributed by atoms with E-state index in [1.807, 2.05) is 6.07 Å². The molecule has 1 atom stereocenters. The summed E-state index contributed by atoms with van der Waals surface area (Å²) in [4.78, 5) is 11.2. The fourth-order valence-electron chi connectivity index (χ4n) is 4.41. The number of methoxy groups -OCH3 is 1. The molecule has 1 unspecified atom stereocenters. The first-order valence-corrected chi connectivity index (χ1v) is 7.55. The van der Waals surface area contributed by atoms with Crippen molar-refractivity contribution in [1.29, 1.82) is 0 Å². The molecule has 2 aliphatic rings. The number of carboxylic acid groups (broad SMARTS) is 1. The van der Waals surface area contributed by atoms with Crippen LogP contribution in [0.25, 0.3) is 0 Å². The molecule has 3 rings (SSSR count). The topological polar surface area (TPSA) is 46.5 Å². The molecule has 0 aromatic heterocycles. The molecule has 1 aromatic carbocycles. The minimum absolute atomic E-state index is 0.109. The Morgan fingerprint density at radius 3 is 2.80 bits per heavy atom. The smallest absolute Gasteiger partial charge is 0.303 e. The Morgan fingerprint density at radius 2 is 2.15 bits per heavy atom. The number of hydrogen-bond donors (Lipinski definition) is 1. The first-order valence-electron chi connectivity index (χ1n) is 7.55. The monoisotopic (exact) mass is 274 g/mol. The lowest BCUT2D eigenvalue weighted by molar-refractivity contribution is -0.138. The van der Waals surface area contributed by atoms with E-state index in [2.05, 4.69) is 12.1 Å². The Balaban J connectivity index is 2.02. The largest absolute Gasteiger partial charge is 0.497 e. The Labute approximate surface area is 120 Å². The van der Waals surface area contributed by atoms with Gasteiger partial charge in [0, 0.05) is 6.42 Å². The molecule has 3 heteroatoms. The van der Waals surface area contributed by atoms with Crippen LogP contribution in [0.1, 0.15) is 49.7 Å². The van der Waals surface area contributed by atoms with E-state index in [1.54, 1.807) is 7.11 Å². The van der Waals surface area contributed by atoms with Crippen LogP contribution in [0, 0.1) is 5.92 Å². The molecule has 0 heterocycles. The van der Waals surface area contributed by atoms with Gasteiger partial charge in [-0.15, -0.1) is 0 Å². The minimum Gasteiger partial charge on any atom is -0.497 e. The van der Waals surface area contributed by atoms with E-state index >= 15 is 0 Å². The highest BCUT2D eigenvalue weighted by atomic mass is 16.5. The lowest BCUT2D eigenvalue weighted by Crippen LogP contribution is -2.38. The Morgan fingerprint density at radius 1 is 1.40 bits per heavy atom. The summed E-state index contributed by atoms with van der Waals surface area (Å²) >= 11 is 0. The Hall–Kier alpha value is -1.51. The lowest BCUT2D eigenvalue weighted by Gasteiger charge is -2.43. The zero-order valence-corrected chi connectivity index (χ0v) is 12.0. The van der Waals surface area contributed by atoms with Gasteiger partial charge in [0.05, 0.1) is 7.11 Å². The number of fused-ring (bicyclic) bond motifs is 2. The van der Waals surface area contributed by atoms with Crippen LogP contribution in [0.15, 0.2) is 18.2 Å². The molecular formula is C17H22O3. The fraction of sp³-hybridized carbons (Fsp3) is 0.588. The van der Waals surface area contributed by atoms with Crippen molar-refractivity contribution >= 4 is 5.97 Å². The van der Waals surface area contributed by atoms with Crippen molar-refractivity contribution in [3.8, 4) is 5.75 Å². The normalized spacial score (nSPS) is 23.6. The van der Waals surface area contributed by atoms with Gasteiger partial charge < -0.3 is 9.84 Å². The molecule has 0 amide bonds. The van der Waals surface area contributed by atoms with Crippen LogP contribution in [-0.2, 0) is 16.6 Å². The van der Waals surface area contributed by atoms with Crippen molar-refractivity contribution < 1.29 is 14.6 Å². The van der Waals surface area contributed by atoms with Gasteiger partial charge >= 0.3 is 5.97 Å². The maximum absolute atomic E-state index is 11.2. The molecule has 2 aliphatic carbocycles. The molecule has 0 aliphatic heterocycles. The molecular weight excluding hydrogens is 252 g/mol. The molecule has 0 radical (unpaired) electrons. The van der Waals surface area contributed by atoms with Gasteiger partial charge in [-0.3, -0.25) is 4.79 Å². The first-order chi connectivity index (χ1) is 9.65. The number of benzene rings is 1. The van der Waals surface area contributed by atoms with Crippen molar-refractivity contribution in [2.75, 3.05) is 7.11 Å². The van der Waals surface area contributed by atoms with E-state index < -0.39 is 5.97 Å². The quantitative estimate of drug-likeness (QED) is 0.917. The summed E-state index contributed by atoms with van der Waals surface area (Å²) in [6.07, 6.45) is 7.02. The standard InChI is InChI=1S/C17H22O3/c1-20-14-6-7-15-12(10-14)4-5-13(11-16(18)19)17(15)8-2-3-9-17/h6-7,10,13H,2-5,8-9,11H2,1H3,(H,18,19). The first kappa shape index (κ1) is 13.5. The molecule has 20 heavy (non-hydrogen) atoms. The maximum atomic E-state index is 11.2. The third kappa shape index (κ3) is 2.09. The van der Waals surface area contributed by atoms with Crippen LogP contribution in [0.2, 0.25) is 0 Å². The number of aliphatic carboxylic acids is 1. The number of aryl methyl sites for hydroxylation is 1. The number of rotatable bonds is 3. The van der Waals surface area contributed by atoms with Crippen LogP contribution in [-0.4, -0.2) is 18.2 Å². The SMILES string of the molecule is COc1ccc2c(c1)CCC(CC(=O)O)C21CCCC1. The Kier molecular flexibility index (Phi) is 3.45. The van der Waals surface area contributed by atoms with E-state index in [9.17, 15) is 9.90 Å². The van der Waals surface area contributed by atoms with Crippen LogP contribution in [0.3, 0.4) is 0 Å². The third-order valence-corrected chi connectivity index (χ3v) is 5.31. The predicted octanol–water partition coefficient (Wildman–Crippen LogP) is 3.54. The van der Waals surface area contributed by atoms with E-state index in [0.29, 0.717) is 12.3 Å². The predicted molar refractivity (Wildman–Crippen MR) is 77.2 cm³/mol. The second-order valence-electron chi connectivity index (χ2n) is 6.22. The van der Waals surface area contributed by atoms with Crippen molar-refractivity contribution in [2.24, 2.45) is 5.92 Å². The molecule has 0 saturated heterocycles. The summed E-state index contributed by atoms with van der Waals surface area (Å²) in [6, 6.07) is 6.36. The molecule has 1 aromatic rings. The average Bonchev–Trinajstić information content (AvgIpc) is 2.92. The van der Waals surface area contributed by atoms with Gasteiger partial charge in [0.25, 0.3) is 0 Å². The minimum atomic E-state index is -0.654. The molecule has 1 fully saturated rings. The molecule has 1 spiro atoms. The number of hydrogen-bond acceptors (Lipinski definition) is 2. The summed E-state index contributed by atoms with van der Waals surface area (Å²) in [5.41, 5.74) is 2.87. The lowest BCUT2D eigenvalue weighted by atomic mass is 9.61. The van der Waals surface area contributed by atoms with E-state index in [-0.39, 0.29) is 5.41 Å². The van der Waals surface area contributed by atoms with Crippen molar-refractivity contribution in [3.63, 3.8) is 0 Å². The van der Waals surface area contributed by atoms with Crippen LogP contribution >= 0.6 is 0 Å². The van der Waals surface area contributed by atoms with Crippen molar-refractivity contribution in [2.45, 2.75) is 50.4 Å². The number of carboxylic acids is 1. The van der Waals surface area contributed by atoms with Gasteiger partial charge in [-0.05, 0) is 60.3 Å². The van der Waals surface area contributed by atoms with E-state index in [4.69, 9.17) is 4.74 Å². The fourth-order valence-corrected chi connectivity index (χ4v) is 4.41. The maximum Gasteiger partial charge on any atom is 0.303 e. The molecule has 1 saturated carbocycles. The zero-order chi connectivity index (χ0) is 14.2. The molecule has 1 N–H and O–H groups in total. The van der Waals surface area contributed by atoms with E-state index in [1.165, 1.54) is 24.0 Å². The van der Waals surface area contributed by atoms with Gasteiger partial charge in [0.15, 0.2) is 0 Å². The van der Waals surface area contributed by atoms with E-state index in [0.717, 1.165) is 31.4 Å². The summed E-state index contributed by atoms with van der Waals surface area (Å²) in [6.45, 7) is 0. The summed E-state index contributed by atoms with van der Waals surface area (Å²) in [5.74, 6) is 0.551. The Bertz CT molecular complexity index is 515. The van der Waals surface area contributed by atoms with Crippen molar-refractivity contribution in [3.05, 3.63) is 29.3 Å². The van der Waals surface area contributed by atoms with Gasteiger partial charge in [-0.2, -0.15) is 0 Å². The van der Waals surface area contributed by atoms with Crippen LogP contribution < -0.4 is 4.74 Å². The highest BCUT2D eigenvalue weighted by Crippen LogP contribution is 2.53. The highest BCUT2D eigenvalue weighted by Gasteiger charge is 2.46. The van der Waals surface area contributed by atoms with Gasteiger partial charge in [-0.25, -0.2) is 0 Å². The number of carbonyl (C=O) groups is 1. The highest BCUT2D eigenvalue weighted by molar-refractivity contribution is 5.67. The summed E-state index contributed by atoms with van der Waals surface area (Å²) in [7, 11) is 1.70. The van der Waals surface area contributed by atoms with Crippen molar-refractivity contribution in [1.82, 2.24) is 0 Å². The van der Waals surface area contributed by atoms with Crippen LogP contribution in [0.5, 0.6) is 5.75 Å². The van der Waals surface area contributed by atoms with Gasteiger partial charge in [0.1, 0.15) is 5.75 Å². The zero-order valence-electron chi connectivity index (χ0n) is 12.0. The summed E-state index contributed by atoms with van der Waals surface area (Å²) < 4.78 is 5.33. The third-order valence-electron chi connectivity index (χ3n) is 5.31. The summed E-state index contributed by atoms with van der Waals surface area (Å²) in [5, 5.41) is 9.22. The molecule has 108 valence electrons. The van der Waals surface area contributed by atoms with Gasteiger partial charge in [-0.1, -0.05) is 18.9 Å². The second kappa shape index (κ2) is 5.12. The van der Waals surface area contributed by atoms with Gasteiger partial charge in [0.2, 0.25) is 0 Å². The number of ether oxygens (including phenoxy) is 1. The molecule has 0 bridgehead atoms.